The number of hydrogen-bond acceptors (Lipinski definition) is 3. The molecule has 6 heteroatoms. The van der Waals surface area contributed by atoms with E-state index in [0.29, 0.717) is 0 Å². The van der Waals surface area contributed by atoms with Crippen molar-refractivity contribution in [2.45, 2.75) is 13.5 Å². The summed E-state index contributed by atoms with van der Waals surface area (Å²) < 4.78 is 31.6. The maximum absolute atomic E-state index is 10.7. The number of nitrogens with zero attached hydrogens (tertiary/aromatic N) is 2. The molecule has 0 bridgehead atoms. The van der Waals surface area contributed by atoms with Gasteiger partial charge in [0.15, 0.2) is 12.7 Å². The van der Waals surface area contributed by atoms with Gasteiger partial charge in [-0.25, -0.2) is 0 Å². The first kappa shape index (κ1) is 11.9. The quantitative estimate of drug-likeness (QED) is 0.646. The Kier molecular flexibility index (Phi) is 3.08. The Morgan fingerprint density at radius 1 is 1.35 bits per heavy atom. The lowest BCUT2D eigenvalue weighted by Gasteiger charge is -1.99. The Bertz CT molecular complexity index is 653. The molecule has 0 spiro atoms. The highest BCUT2D eigenvalue weighted by molar-refractivity contribution is 7.85. The molecule has 0 fully saturated rings. The van der Waals surface area contributed by atoms with Gasteiger partial charge in [0.2, 0.25) is 0 Å². The predicted molar refractivity (Wildman–Crippen MR) is 63.1 cm³/mol. The normalized spacial score (nSPS) is 11.9. The fourth-order valence-corrected chi connectivity index (χ4v) is 2.10. The molecule has 1 aromatic heterocycles. The second kappa shape index (κ2) is 4.38. The highest BCUT2D eigenvalue weighted by Crippen LogP contribution is 2.12. The number of hydrogen-bond donors (Lipinski definition) is 1. The van der Waals surface area contributed by atoms with E-state index in [9.17, 15) is 8.42 Å². The summed E-state index contributed by atoms with van der Waals surface area (Å²) >= 11 is 0. The molecule has 0 aliphatic heterocycles. The Hall–Kier alpha value is -1.53. The smallest absolute Gasteiger partial charge is 0.271 e. The third-order valence-corrected chi connectivity index (χ3v) is 3.18. The lowest BCUT2D eigenvalue weighted by Crippen LogP contribution is -2.41. The van der Waals surface area contributed by atoms with E-state index < -0.39 is 10.1 Å². The number of fused-ring (bicyclic) bond motifs is 1. The molecule has 0 aliphatic carbocycles. The topological polar surface area (TPSA) is 71.1 Å². The van der Waals surface area contributed by atoms with E-state index in [0.717, 1.165) is 16.5 Å². The maximum atomic E-state index is 10.7. The number of benzene rings is 1. The molecule has 0 saturated heterocycles. The average Bonchev–Trinajstić information content (AvgIpc) is 2.26. The lowest BCUT2D eigenvalue weighted by molar-refractivity contribution is -0.748. The van der Waals surface area contributed by atoms with Crippen LogP contribution in [0.4, 0.5) is 0 Å². The van der Waals surface area contributed by atoms with Crippen molar-refractivity contribution < 1.29 is 17.7 Å². The monoisotopic (exact) mass is 253 g/mol. The average molecular weight is 253 g/mol. The fraction of sp³-hybridized carbons (Fsp3) is 0.273. The zero-order valence-corrected chi connectivity index (χ0v) is 10.2. The Morgan fingerprint density at radius 3 is 2.76 bits per heavy atom. The van der Waals surface area contributed by atoms with Crippen molar-refractivity contribution in [2.24, 2.45) is 0 Å². The van der Waals surface area contributed by atoms with Crippen LogP contribution in [0.2, 0.25) is 0 Å². The van der Waals surface area contributed by atoms with Crippen LogP contribution in [0.15, 0.2) is 30.5 Å². The molecular formula is C11H13N2O3S+. The molecule has 0 radical (unpaired) electrons. The first-order valence-electron chi connectivity index (χ1n) is 5.17. The standard InChI is InChI=1S/C11H12N2O3S/c1-9-8-13(6-7-17(14,15)16)12-11-5-3-2-4-10(9)11/h2-5,8H,6-7H2,1H3/p+1. The summed E-state index contributed by atoms with van der Waals surface area (Å²) in [5.41, 5.74) is 1.83. The van der Waals surface area contributed by atoms with Gasteiger partial charge < -0.3 is 0 Å². The Morgan fingerprint density at radius 2 is 2.06 bits per heavy atom. The maximum Gasteiger partial charge on any atom is 0.271 e. The third-order valence-electron chi connectivity index (χ3n) is 2.49. The van der Waals surface area contributed by atoms with Gasteiger partial charge in [0, 0.05) is 16.0 Å². The molecule has 0 atom stereocenters. The van der Waals surface area contributed by atoms with E-state index in [1.807, 2.05) is 31.2 Å². The second-order valence-corrected chi connectivity index (χ2v) is 5.45. The highest BCUT2D eigenvalue weighted by atomic mass is 32.2. The van der Waals surface area contributed by atoms with Crippen molar-refractivity contribution in [3.05, 3.63) is 36.0 Å². The third kappa shape index (κ3) is 2.98. The Labute approximate surface area is 99.5 Å². The minimum absolute atomic E-state index is 0.143. The highest BCUT2D eigenvalue weighted by Gasteiger charge is 2.13. The van der Waals surface area contributed by atoms with E-state index in [1.165, 1.54) is 4.68 Å². The molecule has 0 aliphatic rings. The van der Waals surface area contributed by atoms with Crippen molar-refractivity contribution in [1.82, 2.24) is 5.10 Å². The van der Waals surface area contributed by atoms with Gasteiger partial charge in [-0.05, 0) is 13.0 Å². The Balaban J connectivity index is 2.37. The summed E-state index contributed by atoms with van der Waals surface area (Å²) in [6.45, 7) is 2.08. The van der Waals surface area contributed by atoms with Crippen LogP contribution in [0, 0.1) is 6.92 Å². The summed E-state index contributed by atoms with van der Waals surface area (Å²) in [5.74, 6) is -0.331. The van der Waals surface area contributed by atoms with Crippen LogP contribution in [0.1, 0.15) is 5.56 Å². The van der Waals surface area contributed by atoms with Gasteiger partial charge in [0.25, 0.3) is 10.1 Å². The molecule has 1 heterocycles. The van der Waals surface area contributed by atoms with Gasteiger partial charge in [-0.3, -0.25) is 4.55 Å². The molecule has 0 amide bonds. The van der Waals surface area contributed by atoms with Gasteiger partial charge >= 0.3 is 0 Å². The van der Waals surface area contributed by atoms with Crippen molar-refractivity contribution in [3.8, 4) is 0 Å². The summed E-state index contributed by atoms with van der Waals surface area (Å²) in [6.07, 6.45) is 1.77. The van der Waals surface area contributed by atoms with Gasteiger partial charge in [-0.1, -0.05) is 22.9 Å². The molecule has 2 aromatic rings. The number of aromatic nitrogens is 2. The van der Waals surface area contributed by atoms with E-state index in [1.54, 1.807) is 6.20 Å². The van der Waals surface area contributed by atoms with Crippen molar-refractivity contribution in [2.75, 3.05) is 5.75 Å². The molecule has 2 rings (SSSR count). The summed E-state index contributed by atoms with van der Waals surface area (Å²) in [6, 6.07) is 7.64. The summed E-state index contributed by atoms with van der Waals surface area (Å²) in [7, 11) is -3.95. The van der Waals surface area contributed by atoms with Crippen molar-refractivity contribution in [1.29, 1.82) is 0 Å². The molecule has 1 N–H and O–H groups in total. The molecular weight excluding hydrogens is 240 g/mol. The first-order chi connectivity index (χ1) is 7.96. The van der Waals surface area contributed by atoms with E-state index >= 15 is 0 Å². The minimum Gasteiger partial charge on any atom is -0.285 e. The van der Waals surface area contributed by atoms with Crippen LogP contribution in [0.3, 0.4) is 0 Å². The fourth-order valence-electron chi connectivity index (χ4n) is 1.68. The SMILES string of the molecule is Cc1c[n+](CCS(=O)(=O)O)nc2ccccc12. The van der Waals surface area contributed by atoms with E-state index in [4.69, 9.17) is 4.55 Å². The zero-order chi connectivity index (χ0) is 12.5. The molecule has 0 unspecified atom stereocenters. The van der Waals surface area contributed by atoms with Crippen LogP contribution in [0.25, 0.3) is 10.9 Å². The van der Waals surface area contributed by atoms with Crippen LogP contribution >= 0.6 is 0 Å². The zero-order valence-electron chi connectivity index (χ0n) is 9.37. The molecule has 1 aromatic carbocycles. The van der Waals surface area contributed by atoms with Crippen LogP contribution < -0.4 is 4.68 Å². The first-order valence-corrected chi connectivity index (χ1v) is 6.78. The van der Waals surface area contributed by atoms with E-state index in [2.05, 4.69) is 5.10 Å². The van der Waals surface area contributed by atoms with Crippen molar-refractivity contribution in [3.63, 3.8) is 0 Å². The number of rotatable bonds is 3. The lowest BCUT2D eigenvalue weighted by atomic mass is 10.1. The number of aryl methyl sites for hydroxylation is 2. The molecule has 0 saturated carbocycles. The predicted octanol–water partition coefficient (Wildman–Crippen LogP) is 0.719. The molecule has 90 valence electrons. The second-order valence-electron chi connectivity index (χ2n) is 3.88. The van der Waals surface area contributed by atoms with E-state index in [-0.39, 0.29) is 12.3 Å². The van der Waals surface area contributed by atoms with Gasteiger partial charge in [-0.15, -0.1) is 0 Å². The molecule has 5 nitrogen and oxygen atoms in total. The minimum atomic E-state index is -3.95. The van der Waals surface area contributed by atoms with Gasteiger partial charge in [-0.2, -0.15) is 8.42 Å². The largest absolute Gasteiger partial charge is 0.285 e. The van der Waals surface area contributed by atoms with Crippen LogP contribution in [-0.4, -0.2) is 23.8 Å². The van der Waals surface area contributed by atoms with Gasteiger partial charge in [0.1, 0.15) is 11.3 Å². The summed E-state index contributed by atoms with van der Waals surface area (Å²) in [5, 5.41) is 5.32. The summed E-state index contributed by atoms with van der Waals surface area (Å²) in [4.78, 5) is 0. The molecule has 17 heavy (non-hydrogen) atoms. The van der Waals surface area contributed by atoms with Crippen LogP contribution in [0.5, 0.6) is 0 Å². The van der Waals surface area contributed by atoms with Gasteiger partial charge in [0.05, 0.1) is 0 Å². The van der Waals surface area contributed by atoms with Crippen molar-refractivity contribution >= 4 is 21.0 Å². The van der Waals surface area contributed by atoms with Crippen LogP contribution in [-0.2, 0) is 16.7 Å².